The fourth-order valence-corrected chi connectivity index (χ4v) is 0.151. The van der Waals surface area contributed by atoms with Crippen molar-refractivity contribution in [2.75, 3.05) is 13.6 Å². The van der Waals surface area contributed by atoms with E-state index in [9.17, 15) is 4.79 Å². The van der Waals surface area contributed by atoms with Crippen LogP contribution in [-0.4, -0.2) is 47.7 Å². The first kappa shape index (κ1) is 10.2. The number of nitrogens with one attached hydrogen (secondary N) is 1. The van der Waals surface area contributed by atoms with Crippen LogP contribution < -0.4 is 5.32 Å². The zero-order valence-electron chi connectivity index (χ0n) is 3.56. The molecule has 0 aliphatic carbocycles. The van der Waals surface area contributed by atoms with Gasteiger partial charge in [0.15, 0.2) is 0 Å². The van der Waals surface area contributed by atoms with Gasteiger partial charge in [-0.1, -0.05) is 0 Å². The minimum atomic E-state index is -0.822. The van der Waals surface area contributed by atoms with E-state index in [1.165, 1.54) is 0 Å². The summed E-state index contributed by atoms with van der Waals surface area (Å²) in [7, 11) is 1.59. The summed E-state index contributed by atoms with van der Waals surface area (Å²) in [4.78, 5) is 9.54. The molecule has 0 heterocycles. The van der Waals surface area contributed by atoms with Crippen molar-refractivity contribution in [2.24, 2.45) is 0 Å². The Balaban J connectivity index is 0. The molecule has 2 N–H and O–H groups in total. The van der Waals surface area contributed by atoms with E-state index in [0.29, 0.717) is 0 Å². The van der Waals surface area contributed by atoms with Gasteiger partial charge < -0.3 is 10.4 Å². The molecule has 7 heavy (non-hydrogen) atoms. The van der Waals surface area contributed by atoms with E-state index < -0.39 is 5.97 Å². The summed E-state index contributed by atoms with van der Waals surface area (Å²) in [6.07, 6.45) is 0. The van der Waals surface area contributed by atoms with Crippen LogP contribution in [-0.2, 0) is 4.79 Å². The van der Waals surface area contributed by atoms with E-state index in [-0.39, 0.29) is 29.6 Å². The van der Waals surface area contributed by atoms with Crippen LogP contribution in [0.3, 0.4) is 0 Å². The quantitative estimate of drug-likeness (QED) is 0.425. The lowest BCUT2D eigenvalue weighted by Gasteiger charge is -1.84. The van der Waals surface area contributed by atoms with Crippen molar-refractivity contribution < 1.29 is 9.90 Å². The van der Waals surface area contributed by atoms with Gasteiger partial charge in [-0.25, -0.2) is 0 Å². The predicted octanol–water partition coefficient (Wildman–Crippen LogP) is -1.63. The van der Waals surface area contributed by atoms with Gasteiger partial charge in [0.1, 0.15) is 0 Å². The summed E-state index contributed by atoms with van der Waals surface area (Å²) in [5.74, 6) is -0.822. The molecule has 0 saturated carbocycles. The fourth-order valence-electron chi connectivity index (χ4n) is 0.151. The average Bonchev–Trinajstić information content (AvgIpc) is 1.35. The molecule has 0 aromatic carbocycles. The van der Waals surface area contributed by atoms with Crippen molar-refractivity contribution in [1.82, 2.24) is 5.32 Å². The molecule has 0 fully saturated rings. The number of carboxylic acids is 1. The lowest BCUT2D eigenvalue weighted by molar-refractivity contribution is -0.135. The monoisotopic (exact) mass is 115 g/mol. The third kappa shape index (κ3) is 10.7. The zero-order valence-corrected chi connectivity index (χ0v) is 3.56. The Morgan fingerprint density at radius 2 is 2.29 bits per heavy atom. The summed E-state index contributed by atoms with van der Waals surface area (Å²) in [5.41, 5.74) is 0. The number of carboxylic acid groups (broad SMARTS) is 1. The van der Waals surface area contributed by atoms with Crippen LogP contribution >= 0.6 is 0 Å². The second kappa shape index (κ2) is 6.20. The van der Waals surface area contributed by atoms with Gasteiger partial charge in [-0.05, 0) is 7.05 Å². The van der Waals surface area contributed by atoms with Gasteiger partial charge in [0.05, 0.1) is 6.54 Å². The third-order valence-corrected chi connectivity index (χ3v) is 0.328. The molecule has 3 nitrogen and oxygen atoms in total. The minimum absolute atomic E-state index is 0. The number of hydrogen-bond donors (Lipinski definition) is 2. The van der Waals surface area contributed by atoms with Crippen molar-refractivity contribution in [3.63, 3.8) is 0 Å². The molecule has 0 amide bonds. The topological polar surface area (TPSA) is 49.3 Å². The van der Waals surface area contributed by atoms with E-state index >= 15 is 0 Å². The molecule has 0 atom stereocenters. The molecule has 0 bridgehead atoms. The Bertz CT molecular complexity index is 56.9. The van der Waals surface area contributed by atoms with Crippen LogP contribution in [0.15, 0.2) is 0 Å². The highest BCUT2D eigenvalue weighted by Gasteiger charge is 1.86. The van der Waals surface area contributed by atoms with Gasteiger partial charge >= 0.3 is 29.0 Å². The van der Waals surface area contributed by atoms with Crippen LogP contribution in [0.4, 0.5) is 0 Å². The van der Waals surface area contributed by atoms with E-state index in [1.54, 1.807) is 7.05 Å². The van der Waals surface area contributed by atoms with E-state index in [4.69, 9.17) is 5.11 Å². The molecular formula is C3H9MgNO2. The van der Waals surface area contributed by atoms with Gasteiger partial charge in [-0.2, -0.15) is 0 Å². The van der Waals surface area contributed by atoms with Crippen LogP contribution in [0.1, 0.15) is 0 Å². The molecule has 0 aromatic heterocycles. The van der Waals surface area contributed by atoms with Crippen molar-refractivity contribution in [2.45, 2.75) is 0 Å². The highest BCUT2D eigenvalue weighted by Crippen LogP contribution is 1.50. The molecule has 0 radical (unpaired) electrons. The second-order valence-corrected chi connectivity index (χ2v) is 0.924. The van der Waals surface area contributed by atoms with Crippen LogP contribution in [0.5, 0.6) is 0 Å². The summed E-state index contributed by atoms with van der Waals surface area (Å²) in [5, 5.41) is 10.3. The molecule has 4 heteroatoms. The first-order valence-corrected chi connectivity index (χ1v) is 1.63. The Morgan fingerprint density at radius 1 is 1.86 bits per heavy atom. The Labute approximate surface area is 58.2 Å². The Hall–Kier alpha value is 0.196. The van der Waals surface area contributed by atoms with E-state index in [1.807, 2.05) is 0 Å². The maximum absolute atomic E-state index is 9.54. The fraction of sp³-hybridized carbons (Fsp3) is 0.667. The standard InChI is InChI=1S/C3H7NO2.Mg.2H/c1-4-2-3(5)6;;;/h4H,2H2,1H3,(H,5,6);;;. The SMILES string of the molecule is CNCC(=O)O.[MgH2]. The summed E-state index contributed by atoms with van der Waals surface area (Å²) in [6, 6.07) is 0. The number of rotatable bonds is 2. The van der Waals surface area contributed by atoms with Crippen LogP contribution in [0.2, 0.25) is 0 Å². The normalized spacial score (nSPS) is 7.00. The predicted molar refractivity (Wildman–Crippen MR) is 30.1 cm³/mol. The van der Waals surface area contributed by atoms with Crippen molar-refractivity contribution in [3.05, 3.63) is 0 Å². The van der Waals surface area contributed by atoms with E-state index in [2.05, 4.69) is 5.32 Å². The van der Waals surface area contributed by atoms with Crippen LogP contribution in [0, 0.1) is 0 Å². The van der Waals surface area contributed by atoms with Gasteiger partial charge in [-0.15, -0.1) is 0 Å². The molecule has 0 aromatic rings. The van der Waals surface area contributed by atoms with Gasteiger partial charge in [0.25, 0.3) is 0 Å². The number of hydrogen-bond acceptors (Lipinski definition) is 2. The number of likely N-dealkylation sites (N-methyl/N-ethyl adjacent to an activating group) is 1. The lowest BCUT2D eigenvalue weighted by Crippen LogP contribution is -2.16. The number of aliphatic carboxylic acids is 1. The summed E-state index contributed by atoms with van der Waals surface area (Å²) < 4.78 is 0. The Morgan fingerprint density at radius 3 is 2.29 bits per heavy atom. The maximum Gasteiger partial charge on any atom is 0.317 e. The Kier molecular flexibility index (Phi) is 9.06. The van der Waals surface area contributed by atoms with Crippen molar-refractivity contribution >= 4 is 29.0 Å². The first-order valence-electron chi connectivity index (χ1n) is 1.63. The second-order valence-electron chi connectivity index (χ2n) is 0.924. The molecular weight excluding hydrogens is 106 g/mol. The average molecular weight is 115 g/mol. The molecule has 0 saturated heterocycles. The molecule has 0 unspecified atom stereocenters. The molecule has 40 valence electrons. The maximum atomic E-state index is 9.54. The van der Waals surface area contributed by atoms with Crippen LogP contribution in [0.25, 0.3) is 0 Å². The highest BCUT2D eigenvalue weighted by molar-refractivity contribution is 5.75. The molecule has 0 rings (SSSR count). The van der Waals surface area contributed by atoms with Crippen molar-refractivity contribution in [3.8, 4) is 0 Å². The van der Waals surface area contributed by atoms with E-state index in [0.717, 1.165) is 0 Å². The van der Waals surface area contributed by atoms with Gasteiger partial charge in [-0.3, -0.25) is 4.79 Å². The molecule has 0 spiro atoms. The largest absolute Gasteiger partial charge is 0.480 e. The zero-order chi connectivity index (χ0) is 4.99. The molecule has 0 aliphatic rings. The summed E-state index contributed by atoms with van der Waals surface area (Å²) >= 11 is 0. The first-order chi connectivity index (χ1) is 2.77. The third-order valence-electron chi connectivity index (χ3n) is 0.328. The summed E-state index contributed by atoms with van der Waals surface area (Å²) in [6.45, 7) is 0.0417. The molecule has 0 aliphatic heterocycles. The highest BCUT2D eigenvalue weighted by atomic mass is 24.3. The van der Waals surface area contributed by atoms with Gasteiger partial charge in [0, 0.05) is 0 Å². The number of carbonyl (C=O) groups is 1. The smallest absolute Gasteiger partial charge is 0.317 e. The lowest BCUT2D eigenvalue weighted by atomic mass is 10.7. The van der Waals surface area contributed by atoms with Gasteiger partial charge in [0.2, 0.25) is 0 Å². The van der Waals surface area contributed by atoms with Crippen molar-refractivity contribution in [1.29, 1.82) is 0 Å². The minimum Gasteiger partial charge on any atom is -0.480 e.